The summed E-state index contributed by atoms with van der Waals surface area (Å²) in [7, 11) is 0. The lowest BCUT2D eigenvalue weighted by Gasteiger charge is -2.06. The first-order chi connectivity index (χ1) is 13.8. The van der Waals surface area contributed by atoms with E-state index in [1.165, 1.54) is 18.3 Å². The summed E-state index contributed by atoms with van der Waals surface area (Å²) in [5.41, 5.74) is 3.96. The Labute approximate surface area is 172 Å². The summed E-state index contributed by atoms with van der Waals surface area (Å²) in [6.07, 6.45) is 0. The fraction of sp³-hybridized carbons (Fsp3) is 0.273. The number of nitrogens with zero attached hydrogens (tertiary/aromatic N) is 2. The second-order valence-electron chi connectivity index (χ2n) is 6.73. The minimum atomic E-state index is -0.433. The third-order valence-corrected chi connectivity index (χ3v) is 5.67. The normalized spacial score (nSPS) is 11.7. The van der Waals surface area contributed by atoms with Crippen molar-refractivity contribution in [3.63, 3.8) is 0 Å². The number of fused-ring (bicyclic) bond motifs is 1. The minimum Gasteiger partial charge on any atom is -0.465 e. The minimum absolute atomic E-state index is 0.0221. The van der Waals surface area contributed by atoms with Crippen molar-refractivity contribution in [2.45, 2.75) is 34.2 Å². The number of amides is 1. The van der Waals surface area contributed by atoms with E-state index in [4.69, 9.17) is 4.74 Å². The summed E-state index contributed by atoms with van der Waals surface area (Å²) < 4.78 is 7.74. The Bertz CT molecular complexity index is 1170. The first-order valence-electron chi connectivity index (χ1n) is 9.26. The van der Waals surface area contributed by atoms with Crippen LogP contribution in [0.3, 0.4) is 0 Å². The van der Waals surface area contributed by atoms with Crippen LogP contribution in [0, 0.1) is 13.8 Å². The van der Waals surface area contributed by atoms with Gasteiger partial charge in [-0.15, -0.1) is 0 Å². The topological polar surface area (TPSA) is 77.7 Å². The highest BCUT2D eigenvalue weighted by molar-refractivity contribution is 7.16. The standard InChI is InChI=1S/C22H22N2O4S/c1-5-28-20(26)12-24-18-10-13(2)14(3)11-19(18)29-22(24)23-21(27)17-8-6-16(7-9-17)15(4)25/h6-11H,5,12H2,1-4H3. The highest BCUT2D eigenvalue weighted by Gasteiger charge is 2.14. The largest absolute Gasteiger partial charge is 0.465 e. The fourth-order valence-corrected chi connectivity index (χ4v) is 4.00. The van der Waals surface area contributed by atoms with Gasteiger partial charge in [0.25, 0.3) is 5.91 Å². The van der Waals surface area contributed by atoms with Crippen molar-refractivity contribution in [3.05, 3.63) is 63.5 Å². The number of rotatable bonds is 5. The number of ether oxygens (including phenoxy) is 1. The Balaban J connectivity index is 2.09. The van der Waals surface area contributed by atoms with Crippen LogP contribution >= 0.6 is 11.3 Å². The van der Waals surface area contributed by atoms with Gasteiger partial charge < -0.3 is 9.30 Å². The second kappa shape index (κ2) is 8.53. The molecule has 3 aromatic rings. The molecule has 0 aliphatic carbocycles. The van der Waals surface area contributed by atoms with Gasteiger partial charge in [0, 0.05) is 11.1 Å². The van der Waals surface area contributed by atoms with Crippen LogP contribution in [-0.4, -0.2) is 28.8 Å². The molecule has 150 valence electrons. The quantitative estimate of drug-likeness (QED) is 0.473. The summed E-state index contributed by atoms with van der Waals surface area (Å²) in [6, 6.07) is 10.4. The lowest BCUT2D eigenvalue weighted by Crippen LogP contribution is -2.23. The van der Waals surface area contributed by atoms with Gasteiger partial charge in [-0.2, -0.15) is 4.99 Å². The smallest absolute Gasteiger partial charge is 0.326 e. The molecule has 7 heteroatoms. The molecule has 0 saturated heterocycles. The van der Waals surface area contributed by atoms with E-state index in [0.717, 1.165) is 21.3 Å². The maximum atomic E-state index is 12.7. The first kappa shape index (κ1) is 20.7. The third-order valence-electron chi connectivity index (χ3n) is 4.63. The maximum absolute atomic E-state index is 12.7. The van der Waals surface area contributed by atoms with E-state index >= 15 is 0 Å². The molecule has 0 radical (unpaired) electrons. The predicted molar refractivity (Wildman–Crippen MR) is 112 cm³/mol. The van der Waals surface area contributed by atoms with Crippen molar-refractivity contribution in [3.8, 4) is 0 Å². The van der Waals surface area contributed by atoms with Crippen molar-refractivity contribution >= 4 is 39.2 Å². The van der Waals surface area contributed by atoms with E-state index in [0.29, 0.717) is 15.9 Å². The second-order valence-corrected chi connectivity index (χ2v) is 7.74. The SMILES string of the molecule is CCOC(=O)Cn1c(=NC(=O)c2ccc(C(C)=O)cc2)sc2cc(C)c(C)cc21. The predicted octanol–water partition coefficient (Wildman–Crippen LogP) is 3.83. The Kier molecular flexibility index (Phi) is 6.08. The van der Waals surface area contributed by atoms with E-state index in [1.54, 1.807) is 35.8 Å². The Morgan fingerprint density at radius 2 is 1.66 bits per heavy atom. The van der Waals surface area contributed by atoms with Crippen molar-refractivity contribution in [1.29, 1.82) is 0 Å². The summed E-state index contributed by atoms with van der Waals surface area (Å²) in [4.78, 5) is 40.9. The van der Waals surface area contributed by atoms with Crippen LogP contribution < -0.4 is 4.80 Å². The molecule has 29 heavy (non-hydrogen) atoms. The molecule has 0 saturated carbocycles. The molecule has 0 aliphatic rings. The first-order valence-corrected chi connectivity index (χ1v) is 10.1. The number of Topliss-reactive ketones (excluding diaryl/α,β-unsaturated/α-hetero) is 1. The average molecular weight is 410 g/mol. The zero-order chi connectivity index (χ0) is 21.1. The lowest BCUT2D eigenvalue weighted by atomic mass is 10.1. The summed E-state index contributed by atoms with van der Waals surface area (Å²) in [6.45, 7) is 7.50. The van der Waals surface area contributed by atoms with Crippen LogP contribution in [0.25, 0.3) is 10.2 Å². The fourth-order valence-electron chi connectivity index (χ4n) is 2.89. The zero-order valence-corrected chi connectivity index (χ0v) is 17.6. The average Bonchev–Trinajstić information content (AvgIpc) is 2.98. The van der Waals surface area contributed by atoms with Gasteiger partial charge in [0.1, 0.15) is 6.54 Å². The molecular formula is C22H22N2O4S. The van der Waals surface area contributed by atoms with Crippen molar-refractivity contribution in [2.24, 2.45) is 4.99 Å². The molecule has 0 atom stereocenters. The number of carbonyl (C=O) groups excluding carboxylic acids is 3. The van der Waals surface area contributed by atoms with E-state index in [-0.39, 0.29) is 24.9 Å². The maximum Gasteiger partial charge on any atom is 0.326 e. The molecule has 2 aromatic carbocycles. The lowest BCUT2D eigenvalue weighted by molar-refractivity contribution is -0.143. The van der Waals surface area contributed by atoms with Crippen LogP contribution in [0.4, 0.5) is 0 Å². The number of benzene rings is 2. The van der Waals surface area contributed by atoms with Gasteiger partial charge in [-0.1, -0.05) is 23.5 Å². The third kappa shape index (κ3) is 4.51. The van der Waals surface area contributed by atoms with Gasteiger partial charge >= 0.3 is 5.97 Å². The van der Waals surface area contributed by atoms with E-state index < -0.39 is 5.91 Å². The summed E-state index contributed by atoms with van der Waals surface area (Å²) >= 11 is 1.35. The molecule has 6 nitrogen and oxygen atoms in total. The van der Waals surface area contributed by atoms with Crippen LogP contribution in [0.1, 0.15) is 45.7 Å². The van der Waals surface area contributed by atoms with Gasteiger partial charge in [0.2, 0.25) is 0 Å². The number of carbonyl (C=O) groups is 3. The van der Waals surface area contributed by atoms with Gasteiger partial charge in [0.05, 0.1) is 16.8 Å². The van der Waals surface area contributed by atoms with E-state index in [1.807, 2.05) is 26.0 Å². The number of aryl methyl sites for hydroxylation is 2. The number of esters is 1. The zero-order valence-electron chi connectivity index (χ0n) is 16.8. The number of aromatic nitrogens is 1. The van der Waals surface area contributed by atoms with Crippen LogP contribution in [-0.2, 0) is 16.1 Å². The highest BCUT2D eigenvalue weighted by atomic mass is 32.1. The number of ketones is 1. The molecule has 3 rings (SSSR count). The number of hydrogen-bond acceptors (Lipinski definition) is 5. The monoisotopic (exact) mass is 410 g/mol. The van der Waals surface area contributed by atoms with E-state index in [2.05, 4.69) is 4.99 Å². The van der Waals surface area contributed by atoms with Crippen molar-refractivity contribution < 1.29 is 19.1 Å². The number of hydrogen-bond donors (Lipinski definition) is 0. The molecule has 1 aromatic heterocycles. The van der Waals surface area contributed by atoms with Crippen LogP contribution in [0.2, 0.25) is 0 Å². The van der Waals surface area contributed by atoms with Crippen molar-refractivity contribution in [1.82, 2.24) is 4.57 Å². The molecular weight excluding hydrogens is 388 g/mol. The van der Waals surface area contributed by atoms with Crippen molar-refractivity contribution in [2.75, 3.05) is 6.61 Å². The summed E-state index contributed by atoms with van der Waals surface area (Å²) in [5.74, 6) is -0.883. The summed E-state index contributed by atoms with van der Waals surface area (Å²) in [5, 5.41) is 0. The van der Waals surface area contributed by atoms with Crippen LogP contribution in [0.15, 0.2) is 41.4 Å². The van der Waals surface area contributed by atoms with Gasteiger partial charge in [-0.05, 0) is 63.1 Å². The molecule has 0 bridgehead atoms. The van der Waals surface area contributed by atoms with Gasteiger partial charge in [-0.3, -0.25) is 14.4 Å². The molecule has 0 fully saturated rings. The molecule has 1 heterocycles. The highest BCUT2D eigenvalue weighted by Crippen LogP contribution is 2.22. The molecule has 0 unspecified atom stereocenters. The molecule has 0 aliphatic heterocycles. The van der Waals surface area contributed by atoms with Crippen LogP contribution in [0.5, 0.6) is 0 Å². The molecule has 0 N–H and O–H groups in total. The molecule has 1 amide bonds. The molecule has 0 spiro atoms. The number of thiazole rings is 1. The Morgan fingerprint density at radius 3 is 2.28 bits per heavy atom. The van der Waals surface area contributed by atoms with Gasteiger partial charge in [-0.25, -0.2) is 0 Å². The van der Waals surface area contributed by atoms with Gasteiger partial charge in [0.15, 0.2) is 10.6 Å². The van der Waals surface area contributed by atoms with E-state index in [9.17, 15) is 14.4 Å². The Morgan fingerprint density at radius 1 is 1.03 bits per heavy atom. The Hall–Kier alpha value is -3.06.